The molecule has 11 aromatic carbocycles. The first-order chi connectivity index (χ1) is 30.5. The number of rotatable bonds is 6. The van der Waals surface area contributed by atoms with Crippen LogP contribution in [0.2, 0.25) is 0 Å². The van der Waals surface area contributed by atoms with Crippen LogP contribution in [0.15, 0.2) is 224 Å². The van der Waals surface area contributed by atoms with Crippen LogP contribution < -0.4 is 4.90 Å². The first-order valence-corrected chi connectivity index (χ1v) is 21.7. The van der Waals surface area contributed by atoms with Gasteiger partial charge >= 0.3 is 0 Å². The summed E-state index contributed by atoms with van der Waals surface area (Å²) in [5.41, 5.74) is 16.0. The Kier molecular flexibility index (Phi) is 8.27. The highest BCUT2D eigenvalue weighted by Gasteiger charge is 2.36. The molecule has 1 aliphatic carbocycles. The summed E-state index contributed by atoms with van der Waals surface area (Å²) < 4.78 is 0. The van der Waals surface area contributed by atoms with Crippen LogP contribution in [0, 0.1) is 0 Å². The van der Waals surface area contributed by atoms with Crippen LogP contribution in [0.1, 0.15) is 25.0 Å². The first kappa shape index (κ1) is 36.1. The van der Waals surface area contributed by atoms with Crippen molar-refractivity contribution in [2.75, 3.05) is 4.90 Å². The standard InChI is InChI=1S/C61H43N/c1-61(2)58-38-45(29-33-52(58)53-34-32-49(39-59(53)61)62(47-19-7-4-8-20-47)48-30-27-42(28-31-48)40-15-5-3-6-16-40)57-37-46-36-56(44-26-25-41-17-9-10-18-43(41)35-44)50-21-11-13-23-54(50)60(46)55-24-14-12-22-51(55)57/h3-39H,1-2H3. The minimum Gasteiger partial charge on any atom is -0.310 e. The average molecular weight is 790 g/mol. The minimum absolute atomic E-state index is 0.220. The molecule has 0 heterocycles. The molecule has 0 saturated heterocycles. The summed E-state index contributed by atoms with van der Waals surface area (Å²) in [5.74, 6) is 0. The van der Waals surface area contributed by atoms with Gasteiger partial charge in [-0.1, -0.05) is 178 Å². The third kappa shape index (κ3) is 5.77. The second kappa shape index (κ2) is 14.2. The third-order valence-corrected chi connectivity index (χ3v) is 13.4. The third-order valence-electron chi connectivity index (χ3n) is 13.4. The predicted molar refractivity (Wildman–Crippen MR) is 265 cm³/mol. The van der Waals surface area contributed by atoms with E-state index < -0.39 is 0 Å². The molecule has 1 aliphatic rings. The molecule has 0 unspecified atom stereocenters. The Labute approximate surface area is 362 Å². The highest BCUT2D eigenvalue weighted by atomic mass is 15.1. The molecule has 0 spiro atoms. The van der Waals surface area contributed by atoms with Crippen molar-refractivity contribution in [2.24, 2.45) is 0 Å². The molecule has 0 fully saturated rings. The van der Waals surface area contributed by atoms with Crippen molar-refractivity contribution in [1.82, 2.24) is 0 Å². The zero-order valence-electron chi connectivity index (χ0n) is 34.8. The van der Waals surface area contributed by atoms with Gasteiger partial charge in [0.1, 0.15) is 0 Å². The van der Waals surface area contributed by atoms with E-state index in [9.17, 15) is 0 Å². The van der Waals surface area contributed by atoms with E-state index in [0.717, 1.165) is 17.1 Å². The van der Waals surface area contributed by atoms with Gasteiger partial charge in [-0.2, -0.15) is 0 Å². The van der Waals surface area contributed by atoms with Gasteiger partial charge in [-0.25, -0.2) is 0 Å². The summed E-state index contributed by atoms with van der Waals surface area (Å²) in [6.45, 7) is 4.79. The molecule has 0 amide bonds. The quantitative estimate of drug-likeness (QED) is 0.152. The number of hydrogen-bond donors (Lipinski definition) is 0. The van der Waals surface area contributed by atoms with Crippen LogP contribution in [0.5, 0.6) is 0 Å². The molecule has 1 nitrogen and oxygen atoms in total. The zero-order valence-corrected chi connectivity index (χ0v) is 34.8. The Morgan fingerprint density at radius 1 is 0.290 bits per heavy atom. The molecule has 0 bridgehead atoms. The lowest BCUT2D eigenvalue weighted by Crippen LogP contribution is -2.16. The monoisotopic (exact) mass is 789 g/mol. The van der Waals surface area contributed by atoms with Gasteiger partial charge in [0.2, 0.25) is 0 Å². The van der Waals surface area contributed by atoms with Crippen LogP contribution in [0.4, 0.5) is 17.1 Å². The molecule has 11 aromatic rings. The minimum atomic E-state index is -0.220. The largest absolute Gasteiger partial charge is 0.310 e. The number of benzene rings is 11. The summed E-state index contributed by atoms with van der Waals surface area (Å²) >= 11 is 0. The zero-order chi connectivity index (χ0) is 41.4. The smallest absolute Gasteiger partial charge is 0.0465 e. The van der Waals surface area contributed by atoms with Gasteiger partial charge in [0.15, 0.2) is 0 Å². The van der Waals surface area contributed by atoms with E-state index in [1.165, 1.54) is 98.7 Å². The molecule has 0 N–H and O–H groups in total. The SMILES string of the molecule is CC1(C)c2cc(-c3cc4cc(-c5ccc6ccccc6c5)c5ccccc5c4c4ccccc34)ccc2-c2ccc(N(c3ccccc3)c3ccc(-c4ccccc4)cc3)cc21. The molecular formula is C61H43N. The van der Waals surface area contributed by atoms with Crippen molar-refractivity contribution in [3.63, 3.8) is 0 Å². The fraction of sp³-hybridized carbons (Fsp3) is 0.0492. The molecule has 12 rings (SSSR count). The number of nitrogens with zero attached hydrogens (tertiary/aromatic N) is 1. The molecule has 62 heavy (non-hydrogen) atoms. The summed E-state index contributed by atoms with van der Waals surface area (Å²) in [6, 6.07) is 82.9. The number of anilines is 3. The van der Waals surface area contributed by atoms with E-state index in [2.05, 4.69) is 243 Å². The highest BCUT2D eigenvalue weighted by molar-refractivity contribution is 6.26. The van der Waals surface area contributed by atoms with E-state index in [0.29, 0.717) is 0 Å². The topological polar surface area (TPSA) is 3.24 Å². The Bertz CT molecular complexity index is 3530. The number of fused-ring (bicyclic) bond motifs is 9. The maximum absolute atomic E-state index is 2.48. The number of para-hydroxylation sites is 1. The molecule has 0 aliphatic heterocycles. The Morgan fingerprint density at radius 2 is 0.758 bits per heavy atom. The van der Waals surface area contributed by atoms with E-state index in [-0.39, 0.29) is 5.41 Å². The Hall–Kier alpha value is -7.74. The lowest BCUT2D eigenvalue weighted by molar-refractivity contribution is 0.660. The van der Waals surface area contributed by atoms with Crippen molar-refractivity contribution < 1.29 is 0 Å². The van der Waals surface area contributed by atoms with Gasteiger partial charge in [0, 0.05) is 22.5 Å². The second-order valence-corrected chi connectivity index (χ2v) is 17.3. The van der Waals surface area contributed by atoms with Crippen LogP contribution in [-0.4, -0.2) is 0 Å². The summed E-state index contributed by atoms with van der Waals surface area (Å²) in [7, 11) is 0. The molecule has 1 heteroatoms. The van der Waals surface area contributed by atoms with Crippen molar-refractivity contribution in [1.29, 1.82) is 0 Å². The van der Waals surface area contributed by atoms with Gasteiger partial charge in [-0.3, -0.25) is 0 Å². The van der Waals surface area contributed by atoms with Crippen LogP contribution in [-0.2, 0) is 5.41 Å². The van der Waals surface area contributed by atoms with Crippen LogP contribution >= 0.6 is 0 Å². The fourth-order valence-electron chi connectivity index (χ4n) is 10.3. The molecule has 0 saturated carbocycles. The van der Waals surface area contributed by atoms with Crippen molar-refractivity contribution in [3.05, 3.63) is 236 Å². The van der Waals surface area contributed by atoms with Gasteiger partial charge in [-0.05, 0) is 159 Å². The molecule has 0 radical (unpaired) electrons. The van der Waals surface area contributed by atoms with Crippen molar-refractivity contribution in [2.45, 2.75) is 19.3 Å². The van der Waals surface area contributed by atoms with E-state index in [1.807, 2.05) is 0 Å². The molecular weight excluding hydrogens is 747 g/mol. The first-order valence-electron chi connectivity index (χ1n) is 21.7. The lowest BCUT2D eigenvalue weighted by Gasteiger charge is -2.28. The molecule has 292 valence electrons. The van der Waals surface area contributed by atoms with E-state index >= 15 is 0 Å². The van der Waals surface area contributed by atoms with E-state index in [4.69, 9.17) is 0 Å². The summed E-state index contributed by atoms with van der Waals surface area (Å²) in [6.07, 6.45) is 0. The van der Waals surface area contributed by atoms with Crippen LogP contribution in [0.25, 0.3) is 87.6 Å². The molecule has 0 atom stereocenters. The van der Waals surface area contributed by atoms with Gasteiger partial charge < -0.3 is 4.90 Å². The maximum atomic E-state index is 2.48. The highest BCUT2D eigenvalue weighted by Crippen LogP contribution is 2.52. The number of hydrogen-bond acceptors (Lipinski definition) is 1. The Balaban J connectivity index is 0.981. The predicted octanol–water partition coefficient (Wildman–Crippen LogP) is 17.1. The van der Waals surface area contributed by atoms with Gasteiger partial charge in [-0.15, -0.1) is 0 Å². The van der Waals surface area contributed by atoms with Crippen molar-refractivity contribution >= 4 is 60.2 Å². The van der Waals surface area contributed by atoms with Crippen LogP contribution in [0.3, 0.4) is 0 Å². The summed E-state index contributed by atoms with van der Waals surface area (Å²) in [5, 5.41) is 10.2. The van der Waals surface area contributed by atoms with Gasteiger partial charge in [0.05, 0.1) is 0 Å². The maximum Gasteiger partial charge on any atom is 0.0465 e. The van der Waals surface area contributed by atoms with Gasteiger partial charge in [0.25, 0.3) is 0 Å². The average Bonchev–Trinajstić information content (AvgIpc) is 3.56. The van der Waals surface area contributed by atoms with Crippen molar-refractivity contribution in [3.8, 4) is 44.5 Å². The second-order valence-electron chi connectivity index (χ2n) is 17.3. The fourth-order valence-corrected chi connectivity index (χ4v) is 10.3. The van der Waals surface area contributed by atoms with E-state index in [1.54, 1.807) is 0 Å². The Morgan fingerprint density at radius 3 is 1.44 bits per heavy atom. The molecule has 0 aromatic heterocycles. The summed E-state index contributed by atoms with van der Waals surface area (Å²) in [4.78, 5) is 2.39. The normalized spacial score (nSPS) is 12.8. The lowest BCUT2D eigenvalue weighted by atomic mass is 9.81.